The molecule has 0 amide bonds. The second kappa shape index (κ2) is 11.1. The minimum absolute atomic E-state index is 0.0424. The zero-order chi connectivity index (χ0) is 25.8. The summed E-state index contributed by atoms with van der Waals surface area (Å²) < 4.78 is 16.6. The van der Waals surface area contributed by atoms with Crippen LogP contribution in [-0.4, -0.2) is 37.3 Å². The van der Waals surface area contributed by atoms with Crippen molar-refractivity contribution in [2.45, 2.75) is 64.9 Å². The van der Waals surface area contributed by atoms with Gasteiger partial charge in [0.1, 0.15) is 17.3 Å². The first-order chi connectivity index (χ1) is 17.3. The van der Waals surface area contributed by atoms with Gasteiger partial charge >= 0.3 is 5.97 Å². The van der Waals surface area contributed by atoms with Crippen molar-refractivity contribution in [2.75, 3.05) is 13.7 Å². The summed E-state index contributed by atoms with van der Waals surface area (Å²) in [6.07, 6.45) is 1.72. The zero-order valence-electron chi connectivity index (χ0n) is 21.7. The molecule has 2 aromatic carbocycles. The maximum absolute atomic E-state index is 13.7. The van der Waals surface area contributed by atoms with Gasteiger partial charge in [-0.1, -0.05) is 31.2 Å². The standard InChI is InChI=1S/C30H35NO5/c1-6-15-35-24-13-9-21(10-14-24)28-27(30(33)36-18(2)3)19(4)31-25-16-22(17-26(32)29(25)28)20-7-11-23(34-5)12-8-20/h7-14,18,22,28-29H,6,15-17H2,1-5H3/t22-,28-,29?/m0/s1. The smallest absolute Gasteiger partial charge is 0.336 e. The van der Waals surface area contributed by atoms with Crippen molar-refractivity contribution in [3.05, 3.63) is 70.9 Å². The lowest BCUT2D eigenvalue weighted by atomic mass is 9.66. The van der Waals surface area contributed by atoms with Crippen LogP contribution in [0.3, 0.4) is 0 Å². The van der Waals surface area contributed by atoms with E-state index < -0.39 is 17.8 Å². The van der Waals surface area contributed by atoms with Crippen molar-refractivity contribution in [3.8, 4) is 11.5 Å². The Morgan fingerprint density at radius 3 is 2.22 bits per heavy atom. The van der Waals surface area contributed by atoms with Crippen molar-refractivity contribution in [1.82, 2.24) is 0 Å². The average molecular weight is 490 g/mol. The van der Waals surface area contributed by atoms with Gasteiger partial charge in [0.05, 0.1) is 31.3 Å². The fourth-order valence-corrected chi connectivity index (χ4v) is 5.18. The Bertz CT molecular complexity index is 1160. The second-order valence-electron chi connectivity index (χ2n) is 9.77. The number of allylic oxidation sites excluding steroid dienone is 1. The van der Waals surface area contributed by atoms with E-state index in [1.165, 1.54) is 0 Å². The number of nitrogens with zero attached hydrogens (tertiary/aromatic N) is 1. The van der Waals surface area contributed by atoms with Gasteiger partial charge < -0.3 is 14.2 Å². The molecule has 1 unspecified atom stereocenters. The molecule has 1 aliphatic carbocycles. The Balaban J connectivity index is 1.72. The lowest BCUT2D eigenvalue weighted by Gasteiger charge is -2.38. The summed E-state index contributed by atoms with van der Waals surface area (Å²) in [7, 11) is 1.64. The predicted octanol–water partition coefficient (Wildman–Crippen LogP) is 6.01. The summed E-state index contributed by atoms with van der Waals surface area (Å²) in [5, 5.41) is 0. The molecule has 1 heterocycles. The van der Waals surface area contributed by atoms with Crippen molar-refractivity contribution >= 4 is 17.5 Å². The van der Waals surface area contributed by atoms with Gasteiger partial charge in [-0.15, -0.1) is 0 Å². The van der Waals surface area contributed by atoms with Crippen molar-refractivity contribution in [2.24, 2.45) is 10.9 Å². The molecule has 6 heteroatoms. The Morgan fingerprint density at radius 1 is 0.972 bits per heavy atom. The molecular weight excluding hydrogens is 454 g/mol. The SMILES string of the molecule is CCCOc1ccc([C@H]2C(C(=O)OC(C)C)=C(C)N=C3C[C@H](c4ccc(OC)cc4)CC(=O)C32)cc1. The van der Waals surface area contributed by atoms with Crippen molar-refractivity contribution in [3.63, 3.8) is 0 Å². The second-order valence-corrected chi connectivity index (χ2v) is 9.77. The number of esters is 1. The highest BCUT2D eigenvalue weighted by atomic mass is 16.5. The lowest BCUT2D eigenvalue weighted by Crippen LogP contribution is -2.41. The van der Waals surface area contributed by atoms with Crippen LogP contribution in [0.1, 0.15) is 69.9 Å². The first-order valence-electron chi connectivity index (χ1n) is 12.7. The first kappa shape index (κ1) is 25.7. The van der Waals surface area contributed by atoms with Gasteiger partial charge in [-0.05, 0) is 74.9 Å². The maximum atomic E-state index is 13.7. The highest BCUT2D eigenvalue weighted by Crippen LogP contribution is 2.46. The number of rotatable bonds is 8. The minimum Gasteiger partial charge on any atom is -0.497 e. The number of hydrogen-bond donors (Lipinski definition) is 0. The Hall–Kier alpha value is -3.41. The quantitative estimate of drug-likeness (QED) is 0.425. The van der Waals surface area contributed by atoms with Gasteiger partial charge in [0.15, 0.2) is 0 Å². The number of carbonyl (C=O) groups is 2. The van der Waals surface area contributed by atoms with E-state index in [-0.39, 0.29) is 17.8 Å². The molecular formula is C30H35NO5. The summed E-state index contributed by atoms with van der Waals surface area (Å²) in [4.78, 5) is 31.8. The number of aliphatic imine (C=N–C) groups is 1. The Labute approximate surface area is 213 Å². The number of methoxy groups -OCH3 is 1. The summed E-state index contributed by atoms with van der Waals surface area (Å²) in [5.41, 5.74) is 3.90. The molecule has 0 spiro atoms. The maximum Gasteiger partial charge on any atom is 0.336 e. The van der Waals surface area contributed by atoms with E-state index in [4.69, 9.17) is 19.2 Å². The number of ether oxygens (including phenoxy) is 3. The number of fused-ring (bicyclic) bond motifs is 1. The van der Waals surface area contributed by atoms with Crippen LogP contribution in [0.5, 0.6) is 11.5 Å². The van der Waals surface area contributed by atoms with E-state index in [1.807, 2.05) is 69.3 Å². The van der Waals surface area contributed by atoms with Crippen LogP contribution < -0.4 is 9.47 Å². The van der Waals surface area contributed by atoms with Crippen molar-refractivity contribution in [1.29, 1.82) is 0 Å². The van der Waals surface area contributed by atoms with Crippen LogP contribution in [0.2, 0.25) is 0 Å². The van der Waals surface area contributed by atoms with E-state index >= 15 is 0 Å². The normalized spacial score (nSPS) is 21.7. The van der Waals surface area contributed by atoms with E-state index in [0.29, 0.717) is 30.7 Å². The summed E-state index contributed by atoms with van der Waals surface area (Å²) >= 11 is 0. The van der Waals surface area contributed by atoms with Crippen LogP contribution in [0.25, 0.3) is 0 Å². The minimum atomic E-state index is -0.486. The van der Waals surface area contributed by atoms with Gasteiger partial charge in [0.25, 0.3) is 0 Å². The van der Waals surface area contributed by atoms with Gasteiger partial charge in [0, 0.05) is 23.7 Å². The average Bonchev–Trinajstić information content (AvgIpc) is 2.86. The van der Waals surface area contributed by atoms with Crippen LogP contribution in [0.15, 0.2) is 64.8 Å². The number of hydrogen-bond acceptors (Lipinski definition) is 6. The predicted molar refractivity (Wildman–Crippen MR) is 140 cm³/mol. The number of benzene rings is 2. The Morgan fingerprint density at radius 2 is 1.61 bits per heavy atom. The molecule has 1 aliphatic heterocycles. The van der Waals surface area contributed by atoms with Crippen LogP contribution in [0.4, 0.5) is 0 Å². The van der Waals surface area contributed by atoms with Gasteiger partial charge in [0.2, 0.25) is 0 Å². The van der Waals surface area contributed by atoms with Crippen molar-refractivity contribution < 1.29 is 23.8 Å². The molecule has 0 saturated heterocycles. The Kier molecular flexibility index (Phi) is 7.92. The molecule has 0 N–H and O–H groups in total. The summed E-state index contributed by atoms with van der Waals surface area (Å²) in [6, 6.07) is 15.6. The third-order valence-electron chi connectivity index (χ3n) is 6.82. The number of ketones is 1. The monoisotopic (exact) mass is 489 g/mol. The van der Waals surface area contributed by atoms with Crippen LogP contribution in [0, 0.1) is 5.92 Å². The lowest BCUT2D eigenvalue weighted by molar-refractivity contribution is -0.143. The highest BCUT2D eigenvalue weighted by molar-refractivity contribution is 6.12. The molecule has 6 nitrogen and oxygen atoms in total. The van der Waals surface area contributed by atoms with E-state index in [2.05, 4.69) is 6.92 Å². The fraction of sp³-hybridized carbons (Fsp3) is 0.433. The van der Waals surface area contributed by atoms with E-state index in [9.17, 15) is 9.59 Å². The molecule has 3 atom stereocenters. The molecule has 4 rings (SSSR count). The summed E-state index contributed by atoms with van der Waals surface area (Å²) in [6.45, 7) is 8.19. The molecule has 190 valence electrons. The largest absolute Gasteiger partial charge is 0.497 e. The topological polar surface area (TPSA) is 74.2 Å². The number of Topliss-reactive ketones (excluding diaryl/α,β-unsaturated/α-hetero) is 1. The van der Waals surface area contributed by atoms with Crippen LogP contribution in [-0.2, 0) is 14.3 Å². The fourth-order valence-electron chi connectivity index (χ4n) is 5.18. The molecule has 0 aromatic heterocycles. The van der Waals surface area contributed by atoms with Gasteiger partial charge in [-0.25, -0.2) is 4.79 Å². The van der Waals surface area contributed by atoms with Crippen LogP contribution >= 0.6 is 0 Å². The number of carbonyl (C=O) groups excluding carboxylic acids is 2. The molecule has 0 radical (unpaired) electrons. The zero-order valence-corrected chi connectivity index (χ0v) is 21.7. The molecule has 2 aliphatic rings. The third-order valence-corrected chi connectivity index (χ3v) is 6.82. The van der Waals surface area contributed by atoms with E-state index in [1.54, 1.807) is 7.11 Å². The first-order valence-corrected chi connectivity index (χ1v) is 12.7. The van der Waals surface area contributed by atoms with E-state index in [0.717, 1.165) is 34.8 Å². The molecule has 2 aromatic rings. The third kappa shape index (κ3) is 5.38. The molecule has 0 bridgehead atoms. The molecule has 1 saturated carbocycles. The summed E-state index contributed by atoms with van der Waals surface area (Å²) in [5.74, 6) is 0.361. The van der Waals surface area contributed by atoms with Gasteiger partial charge in [-0.3, -0.25) is 9.79 Å². The molecule has 1 fully saturated rings. The van der Waals surface area contributed by atoms with Gasteiger partial charge in [-0.2, -0.15) is 0 Å². The molecule has 36 heavy (non-hydrogen) atoms. The highest BCUT2D eigenvalue weighted by Gasteiger charge is 2.46.